The predicted octanol–water partition coefficient (Wildman–Crippen LogP) is 3.34. The van der Waals surface area contributed by atoms with Crippen LogP contribution in [0.25, 0.3) is 0 Å². The average molecular weight is 302 g/mol. The lowest BCUT2D eigenvalue weighted by atomic mass is 10.1. The molecule has 4 nitrogen and oxygen atoms in total. The lowest BCUT2D eigenvalue weighted by Gasteiger charge is -2.18. The number of methoxy groups -OCH3 is 3. The Morgan fingerprint density at radius 1 is 0.909 bits per heavy atom. The zero-order chi connectivity index (χ0) is 16.8. The van der Waals surface area contributed by atoms with Gasteiger partial charge in [-0.2, -0.15) is 0 Å². The fraction of sp³-hybridized carbons (Fsp3) is 0.333. The molecule has 0 N–H and O–H groups in total. The highest BCUT2D eigenvalue weighted by atomic mass is 16.5. The Bertz CT molecular complexity index is 661. The first-order valence-electron chi connectivity index (χ1n) is 7.61. The molecule has 0 bridgehead atoms. The van der Waals surface area contributed by atoms with E-state index in [0.717, 1.165) is 17.9 Å². The first-order valence-corrected chi connectivity index (χ1v) is 7.11. The van der Waals surface area contributed by atoms with Gasteiger partial charge >= 0.3 is 0 Å². The maximum atomic E-state index is 8.28. The second kappa shape index (κ2) is 7.71. The van der Waals surface area contributed by atoms with Gasteiger partial charge in [0.05, 0.1) is 22.7 Å². The first-order chi connectivity index (χ1) is 11.1. The van der Waals surface area contributed by atoms with Crippen LogP contribution in [0.15, 0.2) is 42.4 Å². The number of hydrogen-bond donors (Lipinski definition) is 0. The molecule has 2 aromatic carbocycles. The van der Waals surface area contributed by atoms with Gasteiger partial charge in [-0.15, -0.1) is 0 Å². The van der Waals surface area contributed by atoms with Crippen LogP contribution in [-0.2, 0) is 13.1 Å². The molecular formula is C18H23NO3. The molecule has 22 heavy (non-hydrogen) atoms. The molecule has 0 unspecified atom stereocenters. The summed E-state index contributed by atoms with van der Waals surface area (Å²) in [6, 6.07) is 12.1. The third-order valence-corrected chi connectivity index (χ3v) is 3.38. The van der Waals surface area contributed by atoms with Gasteiger partial charge < -0.3 is 14.2 Å². The molecule has 0 heterocycles. The average Bonchev–Trinajstić information content (AvgIpc) is 2.56. The van der Waals surface area contributed by atoms with Crippen LogP contribution in [0, 0.1) is 0 Å². The largest absolute Gasteiger partial charge is 0.497 e. The number of hydrogen-bond acceptors (Lipinski definition) is 4. The van der Waals surface area contributed by atoms with E-state index in [1.54, 1.807) is 21.3 Å². The van der Waals surface area contributed by atoms with Gasteiger partial charge in [-0.25, -0.2) is 0 Å². The Morgan fingerprint density at radius 2 is 1.64 bits per heavy atom. The van der Waals surface area contributed by atoms with E-state index in [-0.39, 0.29) is 0 Å². The van der Waals surface area contributed by atoms with Crippen LogP contribution < -0.4 is 14.2 Å². The Hall–Kier alpha value is -2.20. The highest BCUT2D eigenvalue weighted by Crippen LogP contribution is 2.28. The summed E-state index contributed by atoms with van der Waals surface area (Å²) in [7, 11) is 6.82. The summed E-state index contributed by atoms with van der Waals surface area (Å²) in [6.45, 7) is 1.42. The number of benzene rings is 2. The Labute approximate surface area is 133 Å². The van der Waals surface area contributed by atoms with Crippen LogP contribution in [-0.4, -0.2) is 33.3 Å². The maximum absolute atomic E-state index is 8.28. The van der Waals surface area contributed by atoms with Crippen molar-refractivity contribution in [3.8, 4) is 17.2 Å². The van der Waals surface area contributed by atoms with Crippen molar-refractivity contribution in [3.05, 3.63) is 53.6 Å². The van der Waals surface area contributed by atoms with Crippen LogP contribution in [0.1, 0.15) is 12.5 Å². The Morgan fingerprint density at radius 3 is 2.32 bits per heavy atom. The normalized spacial score (nSPS) is 11.2. The van der Waals surface area contributed by atoms with Crippen molar-refractivity contribution in [2.75, 3.05) is 28.4 Å². The predicted molar refractivity (Wildman–Crippen MR) is 87.7 cm³/mol. The summed E-state index contributed by atoms with van der Waals surface area (Å²) >= 11 is 0. The number of rotatable bonds is 7. The van der Waals surface area contributed by atoms with Crippen LogP contribution in [0.2, 0.25) is 0 Å². The van der Waals surface area contributed by atoms with E-state index in [9.17, 15) is 0 Å². The van der Waals surface area contributed by atoms with E-state index < -0.39 is 0 Å². The van der Waals surface area contributed by atoms with Crippen molar-refractivity contribution in [1.29, 1.82) is 0 Å². The van der Waals surface area contributed by atoms with Gasteiger partial charge in [-0.05, 0) is 42.4 Å². The minimum atomic E-state index is 0.365. The maximum Gasteiger partial charge on any atom is 0.161 e. The molecule has 0 saturated heterocycles. The van der Waals surface area contributed by atoms with Crippen molar-refractivity contribution in [2.45, 2.75) is 13.1 Å². The van der Waals surface area contributed by atoms with Gasteiger partial charge in [0.1, 0.15) is 5.75 Å². The van der Waals surface area contributed by atoms with Crippen LogP contribution >= 0.6 is 0 Å². The topological polar surface area (TPSA) is 30.9 Å². The first kappa shape index (κ1) is 14.7. The molecule has 0 saturated carbocycles. The molecule has 0 amide bonds. The summed E-state index contributed by atoms with van der Waals surface area (Å²) in [5, 5.41) is 0. The van der Waals surface area contributed by atoms with Gasteiger partial charge in [-0.1, -0.05) is 18.2 Å². The second-order valence-corrected chi connectivity index (χ2v) is 5.11. The minimum Gasteiger partial charge on any atom is -0.497 e. The second-order valence-electron chi connectivity index (χ2n) is 5.11. The molecule has 118 valence electrons. The molecular weight excluding hydrogens is 278 g/mol. The highest BCUT2D eigenvalue weighted by Gasteiger charge is 2.07. The molecule has 0 aromatic heterocycles. The van der Waals surface area contributed by atoms with E-state index in [0.29, 0.717) is 24.1 Å². The SMILES string of the molecule is [2H]c1c(CN(C)Cc2cccc(OC)c2)ccc(OC)c1OC. The van der Waals surface area contributed by atoms with Crippen LogP contribution in [0.3, 0.4) is 0 Å². The smallest absolute Gasteiger partial charge is 0.161 e. The number of ether oxygens (including phenoxy) is 3. The summed E-state index contributed by atoms with van der Waals surface area (Å²) in [5.41, 5.74) is 2.06. The van der Waals surface area contributed by atoms with E-state index in [4.69, 9.17) is 15.6 Å². The zero-order valence-electron chi connectivity index (χ0n) is 14.6. The van der Waals surface area contributed by atoms with Gasteiger partial charge in [0.15, 0.2) is 11.5 Å². The van der Waals surface area contributed by atoms with Crippen LogP contribution in [0.5, 0.6) is 17.2 Å². The Kier molecular flexibility index (Phi) is 5.16. The summed E-state index contributed by atoms with van der Waals surface area (Å²) in [5.74, 6) is 1.90. The lowest BCUT2D eigenvalue weighted by Crippen LogP contribution is -2.17. The molecule has 4 heteroatoms. The molecule has 0 radical (unpaired) electrons. The fourth-order valence-electron chi connectivity index (χ4n) is 2.33. The highest BCUT2D eigenvalue weighted by molar-refractivity contribution is 5.42. The third kappa shape index (κ3) is 4.15. The van der Waals surface area contributed by atoms with E-state index in [1.165, 1.54) is 5.56 Å². The van der Waals surface area contributed by atoms with E-state index >= 15 is 0 Å². The number of nitrogens with zero attached hydrogens (tertiary/aromatic N) is 1. The van der Waals surface area contributed by atoms with Crippen LogP contribution in [0.4, 0.5) is 0 Å². The molecule has 0 aliphatic heterocycles. The molecule has 0 spiro atoms. The Balaban J connectivity index is 2.12. The molecule has 2 rings (SSSR count). The van der Waals surface area contributed by atoms with Crippen molar-refractivity contribution in [2.24, 2.45) is 0 Å². The van der Waals surface area contributed by atoms with Crippen molar-refractivity contribution < 1.29 is 15.6 Å². The van der Waals surface area contributed by atoms with Gasteiger partial charge in [-0.3, -0.25) is 4.90 Å². The van der Waals surface area contributed by atoms with Gasteiger partial charge in [0.2, 0.25) is 0 Å². The van der Waals surface area contributed by atoms with Gasteiger partial charge in [0, 0.05) is 13.1 Å². The van der Waals surface area contributed by atoms with Gasteiger partial charge in [0.25, 0.3) is 0 Å². The van der Waals surface area contributed by atoms with E-state index in [2.05, 4.69) is 11.0 Å². The molecule has 0 atom stereocenters. The molecule has 0 fully saturated rings. The molecule has 0 aliphatic carbocycles. The summed E-state index contributed by atoms with van der Waals surface area (Å²) in [6.07, 6.45) is 0. The lowest BCUT2D eigenvalue weighted by molar-refractivity contribution is 0.315. The zero-order valence-corrected chi connectivity index (χ0v) is 13.6. The monoisotopic (exact) mass is 302 g/mol. The molecule has 2 aromatic rings. The van der Waals surface area contributed by atoms with Crippen molar-refractivity contribution in [1.82, 2.24) is 4.90 Å². The quantitative estimate of drug-likeness (QED) is 0.785. The van der Waals surface area contributed by atoms with Crippen molar-refractivity contribution in [3.63, 3.8) is 0 Å². The minimum absolute atomic E-state index is 0.365. The molecule has 0 aliphatic rings. The standard InChI is InChI=1S/C18H23NO3/c1-19(12-14-6-5-7-16(10-14)20-2)13-15-8-9-17(21-3)18(11-15)22-4/h5-11H,12-13H2,1-4H3/i11D. The summed E-state index contributed by atoms with van der Waals surface area (Å²) in [4.78, 5) is 2.15. The summed E-state index contributed by atoms with van der Waals surface area (Å²) < 4.78 is 24.0. The fourth-order valence-corrected chi connectivity index (χ4v) is 2.33. The third-order valence-electron chi connectivity index (χ3n) is 3.38. The van der Waals surface area contributed by atoms with Crippen molar-refractivity contribution >= 4 is 0 Å². The van der Waals surface area contributed by atoms with E-state index in [1.807, 2.05) is 37.4 Å².